The quantitative estimate of drug-likeness (QED) is 0.358. The third-order valence-corrected chi connectivity index (χ3v) is 5.97. The largest absolute Gasteiger partial charge is 0.493 e. The van der Waals surface area contributed by atoms with Gasteiger partial charge in [-0.2, -0.15) is 0 Å². The summed E-state index contributed by atoms with van der Waals surface area (Å²) in [4.78, 5) is 24.8. The molecule has 0 unspecified atom stereocenters. The van der Waals surface area contributed by atoms with E-state index >= 15 is 0 Å². The molecule has 0 aliphatic carbocycles. The van der Waals surface area contributed by atoms with Crippen molar-refractivity contribution in [2.75, 3.05) is 24.9 Å². The van der Waals surface area contributed by atoms with Gasteiger partial charge >= 0.3 is 0 Å². The molecule has 0 saturated carbocycles. The molecule has 0 aliphatic rings. The zero-order valence-electron chi connectivity index (χ0n) is 19.3. The van der Waals surface area contributed by atoms with Gasteiger partial charge in [0, 0.05) is 17.7 Å². The molecule has 0 fully saturated rings. The van der Waals surface area contributed by atoms with Gasteiger partial charge < -0.3 is 14.8 Å². The second kappa shape index (κ2) is 11.3. The topological polar surface area (TPSA) is 102 Å². The van der Waals surface area contributed by atoms with Gasteiger partial charge in [0.25, 0.3) is 5.91 Å². The molecule has 9 heteroatoms. The Kier molecular flexibility index (Phi) is 7.69. The van der Waals surface area contributed by atoms with Crippen LogP contribution in [0.1, 0.15) is 26.5 Å². The second-order valence-electron chi connectivity index (χ2n) is 7.61. The van der Waals surface area contributed by atoms with E-state index in [0.717, 1.165) is 16.1 Å². The molecule has 178 valence electrons. The Labute approximate surface area is 206 Å². The molecule has 0 spiro atoms. The van der Waals surface area contributed by atoms with E-state index < -0.39 is 0 Å². The molecule has 0 saturated heterocycles. The molecule has 0 bridgehead atoms. The molecule has 2 amide bonds. The highest BCUT2D eigenvalue weighted by molar-refractivity contribution is 7.15. The zero-order valence-corrected chi connectivity index (χ0v) is 20.1. The maximum absolute atomic E-state index is 12.6. The van der Waals surface area contributed by atoms with Crippen molar-refractivity contribution in [1.29, 1.82) is 0 Å². The van der Waals surface area contributed by atoms with E-state index in [1.54, 1.807) is 38.5 Å². The van der Waals surface area contributed by atoms with Gasteiger partial charge in [-0.1, -0.05) is 47.7 Å². The van der Waals surface area contributed by atoms with Crippen LogP contribution >= 0.6 is 11.3 Å². The van der Waals surface area contributed by atoms with Gasteiger partial charge in [-0.3, -0.25) is 14.9 Å². The molecule has 4 rings (SSSR count). The first-order valence-electron chi connectivity index (χ1n) is 10.8. The molecule has 35 heavy (non-hydrogen) atoms. The number of carbonyl (C=O) groups is 2. The fourth-order valence-corrected chi connectivity index (χ4v) is 4.17. The molecular weight excluding hydrogens is 464 g/mol. The number of anilines is 2. The number of aromatic nitrogens is 2. The predicted molar refractivity (Wildman–Crippen MR) is 135 cm³/mol. The van der Waals surface area contributed by atoms with Gasteiger partial charge in [-0.05, 0) is 47.5 Å². The summed E-state index contributed by atoms with van der Waals surface area (Å²) in [5.74, 6) is 0.872. The third-order valence-electron chi connectivity index (χ3n) is 5.13. The second-order valence-corrected chi connectivity index (χ2v) is 8.67. The van der Waals surface area contributed by atoms with Gasteiger partial charge in [0.2, 0.25) is 11.0 Å². The molecule has 0 radical (unpaired) electrons. The van der Waals surface area contributed by atoms with Gasteiger partial charge in [0.15, 0.2) is 11.5 Å². The van der Waals surface area contributed by atoms with E-state index in [1.807, 2.05) is 48.5 Å². The van der Waals surface area contributed by atoms with Crippen molar-refractivity contribution in [2.45, 2.75) is 12.8 Å². The van der Waals surface area contributed by atoms with Crippen molar-refractivity contribution >= 4 is 34.0 Å². The summed E-state index contributed by atoms with van der Waals surface area (Å²) in [6.45, 7) is 0. The fraction of sp³-hybridized carbons (Fsp3) is 0.154. The number of methoxy groups -OCH3 is 2. The van der Waals surface area contributed by atoms with E-state index in [0.29, 0.717) is 34.3 Å². The van der Waals surface area contributed by atoms with Crippen LogP contribution in [0, 0.1) is 0 Å². The number of benzene rings is 3. The van der Waals surface area contributed by atoms with Gasteiger partial charge in [0.1, 0.15) is 5.01 Å². The van der Waals surface area contributed by atoms with E-state index in [9.17, 15) is 9.59 Å². The number of hydrogen-bond acceptors (Lipinski definition) is 7. The summed E-state index contributed by atoms with van der Waals surface area (Å²) in [5, 5.41) is 15.0. The summed E-state index contributed by atoms with van der Waals surface area (Å²) >= 11 is 1.30. The number of amides is 2. The van der Waals surface area contributed by atoms with Crippen LogP contribution < -0.4 is 20.1 Å². The van der Waals surface area contributed by atoms with Crippen molar-refractivity contribution in [1.82, 2.24) is 10.2 Å². The number of rotatable bonds is 9. The average molecular weight is 489 g/mol. The summed E-state index contributed by atoms with van der Waals surface area (Å²) in [6, 6.07) is 21.9. The lowest BCUT2D eigenvalue weighted by Gasteiger charge is -2.08. The SMILES string of the molecule is COc1ccc(Cc2nnc(NC(=O)c3ccc(NC(=O)Cc4ccccc4)cc3)s2)cc1OC. The Morgan fingerprint density at radius 1 is 0.829 bits per heavy atom. The molecule has 3 aromatic carbocycles. The standard InChI is InChI=1S/C26H24N4O4S/c1-33-21-13-8-18(14-22(21)34-2)16-24-29-30-26(35-24)28-25(32)19-9-11-20(12-10-19)27-23(31)15-17-6-4-3-5-7-17/h3-14H,15-16H2,1-2H3,(H,27,31)(H,28,30,32). The van der Waals surface area contributed by atoms with Crippen LogP contribution in [0.2, 0.25) is 0 Å². The number of nitrogens with zero attached hydrogens (tertiary/aromatic N) is 2. The van der Waals surface area contributed by atoms with Crippen LogP contribution in [0.15, 0.2) is 72.8 Å². The van der Waals surface area contributed by atoms with E-state index in [-0.39, 0.29) is 18.2 Å². The highest BCUT2D eigenvalue weighted by Gasteiger charge is 2.13. The lowest BCUT2D eigenvalue weighted by molar-refractivity contribution is -0.115. The molecule has 1 aromatic heterocycles. The van der Waals surface area contributed by atoms with Crippen LogP contribution in [-0.4, -0.2) is 36.2 Å². The third kappa shape index (κ3) is 6.42. The first kappa shape index (κ1) is 23.9. The molecule has 1 heterocycles. The van der Waals surface area contributed by atoms with Crippen LogP contribution in [0.3, 0.4) is 0 Å². The van der Waals surface area contributed by atoms with E-state index in [4.69, 9.17) is 9.47 Å². The Morgan fingerprint density at radius 2 is 1.57 bits per heavy atom. The molecular formula is C26H24N4O4S. The molecule has 4 aromatic rings. The van der Waals surface area contributed by atoms with Crippen LogP contribution in [-0.2, 0) is 17.6 Å². The maximum Gasteiger partial charge on any atom is 0.257 e. The summed E-state index contributed by atoms with van der Waals surface area (Å²) < 4.78 is 10.6. The molecule has 0 aliphatic heterocycles. The van der Waals surface area contributed by atoms with Gasteiger partial charge in [-0.25, -0.2) is 0 Å². The lowest BCUT2D eigenvalue weighted by Crippen LogP contribution is -2.15. The fourth-order valence-electron chi connectivity index (χ4n) is 3.40. The number of ether oxygens (including phenoxy) is 2. The smallest absolute Gasteiger partial charge is 0.257 e. The Hall–Kier alpha value is -4.24. The normalized spacial score (nSPS) is 10.5. The van der Waals surface area contributed by atoms with Crippen molar-refractivity contribution in [3.05, 3.63) is 94.5 Å². The predicted octanol–water partition coefficient (Wildman–Crippen LogP) is 4.58. The van der Waals surface area contributed by atoms with Crippen LogP contribution in [0.5, 0.6) is 11.5 Å². The van der Waals surface area contributed by atoms with Crippen molar-refractivity contribution in [3.63, 3.8) is 0 Å². The summed E-state index contributed by atoms with van der Waals surface area (Å²) in [5.41, 5.74) is 2.99. The first-order valence-corrected chi connectivity index (χ1v) is 11.6. The maximum atomic E-state index is 12.6. The van der Waals surface area contributed by atoms with Crippen molar-refractivity contribution in [2.24, 2.45) is 0 Å². The lowest BCUT2D eigenvalue weighted by atomic mass is 10.1. The highest BCUT2D eigenvalue weighted by atomic mass is 32.1. The summed E-state index contributed by atoms with van der Waals surface area (Å²) in [7, 11) is 3.18. The minimum absolute atomic E-state index is 0.121. The number of hydrogen-bond donors (Lipinski definition) is 2. The average Bonchev–Trinajstić information content (AvgIpc) is 3.31. The molecule has 8 nitrogen and oxygen atoms in total. The monoisotopic (exact) mass is 488 g/mol. The highest BCUT2D eigenvalue weighted by Crippen LogP contribution is 2.29. The van der Waals surface area contributed by atoms with E-state index in [2.05, 4.69) is 20.8 Å². The summed E-state index contributed by atoms with van der Waals surface area (Å²) in [6.07, 6.45) is 0.830. The van der Waals surface area contributed by atoms with Gasteiger partial charge in [-0.15, -0.1) is 10.2 Å². The Morgan fingerprint density at radius 3 is 2.29 bits per heavy atom. The Bertz CT molecular complexity index is 1310. The van der Waals surface area contributed by atoms with Crippen molar-refractivity contribution < 1.29 is 19.1 Å². The number of nitrogens with one attached hydrogen (secondary N) is 2. The van der Waals surface area contributed by atoms with Gasteiger partial charge in [0.05, 0.1) is 20.6 Å². The van der Waals surface area contributed by atoms with Crippen LogP contribution in [0.4, 0.5) is 10.8 Å². The van der Waals surface area contributed by atoms with E-state index in [1.165, 1.54) is 11.3 Å². The molecule has 2 N–H and O–H groups in total. The number of carbonyl (C=O) groups excluding carboxylic acids is 2. The Balaban J connectivity index is 1.32. The zero-order chi connectivity index (χ0) is 24.6. The van der Waals surface area contributed by atoms with Crippen LogP contribution in [0.25, 0.3) is 0 Å². The van der Waals surface area contributed by atoms with Crippen molar-refractivity contribution in [3.8, 4) is 11.5 Å². The molecule has 0 atom stereocenters. The first-order chi connectivity index (χ1) is 17.0. The minimum Gasteiger partial charge on any atom is -0.493 e. The minimum atomic E-state index is -0.305.